The third-order valence-corrected chi connectivity index (χ3v) is 4.50. The summed E-state index contributed by atoms with van der Waals surface area (Å²) in [7, 11) is 0. The first kappa shape index (κ1) is 10.0. The van der Waals surface area contributed by atoms with Gasteiger partial charge in [0.1, 0.15) is 0 Å². The van der Waals surface area contributed by atoms with E-state index >= 15 is 0 Å². The maximum atomic E-state index is 4.36. The highest BCUT2D eigenvalue weighted by molar-refractivity contribution is 7.22. The number of nitrogens with zero attached hydrogens (tertiary/aromatic N) is 1. The summed E-state index contributed by atoms with van der Waals surface area (Å²) in [6.45, 7) is 0. The maximum absolute atomic E-state index is 4.36. The molecule has 18 heavy (non-hydrogen) atoms. The van der Waals surface area contributed by atoms with Gasteiger partial charge in [-0.2, -0.15) is 0 Å². The molecule has 1 aromatic heterocycles. The lowest BCUT2D eigenvalue weighted by Gasteiger charge is -2.01. The zero-order valence-electron chi connectivity index (χ0n) is 9.76. The molecule has 2 heteroatoms. The van der Waals surface area contributed by atoms with E-state index < -0.39 is 0 Å². The van der Waals surface area contributed by atoms with Crippen LogP contribution in [0.1, 0.15) is 5.56 Å². The molecule has 0 bridgehead atoms. The molecule has 0 amide bonds. The third-order valence-electron chi connectivity index (χ3n) is 3.33. The van der Waals surface area contributed by atoms with Gasteiger partial charge in [-0.1, -0.05) is 24.3 Å². The van der Waals surface area contributed by atoms with Gasteiger partial charge in [-0.3, -0.25) is 4.99 Å². The Morgan fingerprint density at radius 3 is 2.89 bits per heavy atom. The summed E-state index contributed by atoms with van der Waals surface area (Å²) in [5, 5.41) is 1.33. The first-order chi connectivity index (χ1) is 8.90. The van der Waals surface area contributed by atoms with Gasteiger partial charge in [0, 0.05) is 22.2 Å². The van der Waals surface area contributed by atoms with Gasteiger partial charge in [0.15, 0.2) is 0 Å². The number of aliphatic imine (C=N–C) groups is 1. The molecule has 0 radical (unpaired) electrons. The standard InChI is InChI=1S/C16H11NS/c1-2-4-15-12(3-1)10-16(18-15)13-5-6-14-11(9-13)7-8-17-14/h1-6,8-10H,7H2. The van der Waals surface area contributed by atoms with Crippen LogP contribution in [0.25, 0.3) is 20.5 Å². The normalized spacial score (nSPS) is 13.1. The van der Waals surface area contributed by atoms with Crippen molar-refractivity contribution in [2.75, 3.05) is 0 Å². The molecule has 86 valence electrons. The van der Waals surface area contributed by atoms with Crippen molar-refractivity contribution in [3.05, 3.63) is 54.1 Å². The van der Waals surface area contributed by atoms with Crippen molar-refractivity contribution in [1.29, 1.82) is 0 Å². The van der Waals surface area contributed by atoms with Crippen molar-refractivity contribution >= 4 is 33.3 Å². The van der Waals surface area contributed by atoms with Crippen LogP contribution in [0.2, 0.25) is 0 Å². The van der Waals surface area contributed by atoms with E-state index in [-0.39, 0.29) is 0 Å². The minimum absolute atomic E-state index is 0.966. The van der Waals surface area contributed by atoms with E-state index in [9.17, 15) is 0 Å². The smallest absolute Gasteiger partial charge is 0.0661 e. The minimum Gasteiger partial charge on any atom is -0.261 e. The molecule has 0 fully saturated rings. The molecule has 0 saturated carbocycles. The van der Waals surface area contributed by atoms with Gasteiger partial charge in [0.25, 0.3) is 0 Å². The predicted octanol–water partition coefficient (Wildman–Crippen LogP) is 4.83. The fourth-order valence-corrected chi connectivity index (χ4v) is 3.45. The lowest BCUT2D eigenvalue weighted by atomic mass is 10.1. The first-order valence-corrected chi connectivity index (χ1v) is 6.86. The van der Waals surface area contributed by atoms with Gasteiger partial charge in [0.05, 0.1) is 5.69 Å². The summed E-state index contributed by atoms with van der Waals surface area (Å²) in [4.78, 5) is 5.69. The summed E-state index contributed by atoms with van der Waals surface area (Å²) in [5.41, 5.74) is 3.77. The molecule has 2 heterocycles. The Bertz CT molecular complexity index is 735. The van der Waals surface area contributed by atoms with Crippen LogP contribution < -0.4 is 0 Å². The van der Waals surface area contributed by atoms with Gasteiger partial charge >= 0.3 is 0 Å². The highest BCUT2D eigenvalue weighted by Gasteiger charge is 2.09. The number of thiophene rings is 1. The third kappa shape index (κ3) is 1.50. The second-order valence-electron chi connectivity index (χ2n) is 4.51. The molecule has 0 atom stereocenters. The van der Waals surface area contributed by atoms with Crippen LogP contribution in [0.3, 0.4) is 0 Å². The molecule has 1 aliphatic rings. The molecule has 0 N–H and O–H groups in total. The summed E-state index contributed by atoms with van der Waals surface area (Å²) in [5.74, 6) is 0. The first-order valence-electron chi connectivity index (χ1n) is 6.04. The van der Waals surface area contributed by atoms with E-state index in [0.717, 1.165) is 12.1 Å². The zero-order chi connectivity index (χ0) is 11.9. The quantitative estimate of drug-likeness (QED) is 0.586. The van der Waals surface area contributed by atoms with Crippen molar-refractivity contribution in [3.8, 4) is 10.4 Å². The van der Waals surface area contributed by atoms with E-state index in [2.05, 4.69) is 53.5 Å². The average molecular weight is 249 g/mol. The molecule has 3 aromatic rings. The second-order valence-corrected chi connectivity index (χ2v) is 5.59. The lowest BCUT2D eigenvalue weighted by molar-refractivity contribution is 1.42. The number of benzene rings is 2. The highest BCUT2D eigenvalue weighted by atomic mass is 32.1. The van der Waals surface area contributed by atoms with Crippen LogP contribution in [0.15, 0.2) is 53.5 Å². The minimum atomic E-state index is 0.966. The zero-order valence-corrected chi connectivity index (χ0v) is 10.6. The Kier molecular flexibility index (Phi) is 2.11. The molecule has 0 unspecified atom stereocenters. The van der Waals surface area contributed by atoms with Crippen LogP contribution in [0, 0.1) is 0 Å². The largest absolute Gasteiger partial charge is 0.261 e. The maximum Gasteiger partial charge on any atom is 0.0661 e. The topological polar surface area (TPSA) is 12.4 Å². The Labute approximate surface area is 109 Å². The fraction of sp³-hybridized carbons (Fsp3) is 0.0625. The van der Waals surface area contributed by atoms with E-state index in [1.807, 2.05) is 17.6 Å². The van der Waals surface area contributed by atoms with Crippen LogP contribution in [-0.4, -0.2) is 6.21 Å². The molecule has 0 saturated heterocycles. The molecular weight excluding hydrogens is 238 g/mol. The van der Waals surface area contributed by atoms with Crippen LogP contribution >= 0.6 is 11.3 Å². The average Bonchev–Trinajstić information content (AvgIpc) is 3.04. The summed E-state index contributed by atoms with van der Waals surface area (Å²) in [6.07, 6.45) is 2.95. The number of hydrogen-bond donors (Lipinski definition) is 0. The van der Waals surface area contributed by atoms with Crippen molar-refractivity contribution in [3.63, 3.8) is 0 Å². The van der Waals surface area contributed by atoms with Gasteiger partial charge in [-0.05, 0) is 40.8 Å². The lowest BCUT2D eigenvalue weighted by Crippen LogP contribution is -1.80. The SMILES string of the molecule is C1=Nc2ccc(-c3cc4ccccc4s3)cc2C1. The Morgan fingerprint density at radius 1 is 1.00 bits per heavy atom. The molecule has 2 aromatic carbocycles. The summed E-state index contributed by atoms with van der Waals surface area (Å²) >= 11 is 1.86. The van der Waals surface area contributed by atoms with Crippen molar-refractivity contribution in [2.24, 2.45) is 4.99 Å². The van der Waals surface area contributed by atoms with Crippen molar-refractivity contribution < 1.29 is 0 Å². The van der Waals surface area contributed by atoms with Gasteiger partial charge in [-0.15, -0.1) is 11.3 Å². The Balaban J connectivity index is 1.87. The number of hydrogen-bond acceptors (Lipinski definition) is 2. The molecular formula is C16H11NS. The molecule has 0 spiro atoms. The van der Waals surface area contributed by atoms with E-state index in [4.69, 9.17) is 0 Å². The van der Waals surface area contributed by atoms with Gasteiger partial charge < -0.3 is 0 Å². The van der Waals surface area contributed by atoms with Crippen molar-refractivity contribution in [1.82, 2.24) is 0 Å². The van der Waals surface area contributed by atoms with Crippen LogP contribution in [0.5, 0.6) is 0 Å². The van der Waals surface area contributed by atoms with Crippen LogP contribution in [0.4, 0.5) is 5.69 Å². The Morgan fingerprint density at radius 2 is 1.94 bits per heavy atom. The number of fused-ring (bicyclic) bond motifs is 2. The van der Waals surface area contributed by atoms with Crippen LogP contribution in [-0.2, 0) is 6.42 Å². The molecule has 0 aliphatic carbocycles. The number of rotatable bonds is 1. The van der Waals surface area contributed by atoms with E-state index in [0.29, 0.717) is 0 Å². The molecule has 1 nitrogen and oxygen atoms in total. The highest BCUT2D eigenvalue weighted by Crippen LogP contribution is 2.36. The summed E-state index contributed by atoms with van der Waals surface area (Å²) < 4.78 is 1.35. The molecule has 4 rings (SSSR count). The monoisotopic (exact) mass is 249 g/mol. The molecule has 1 aliphatic heterocycles. The predicted molar refractivity (Wildman–Crippen MR) is 79.1 cm³/mol. The van der Waals surface area contributed by atoms with E-state index in [1.54, 1.807) is 0 Å². The van der Waals surface area contributed by atoms with E-state index in [1.165, 1.54) is 26.1 Å². The Hall–Kier alpha value is -1.93. The van der Waals surface area contributed by atoms with Crippen molar-refractivity contribution in [2.45, 2.75) is 6.42 Å². The van der Waals surface area contributed by atoms with Gasteiger partial charge in [0.2, 0.25) is 0 Å². The van der Waals surface area contributed by atoms with Gasteiger partial charge in [-0.25, -0.2) is 0 Å². The second kappa shape index (κ2) is 3.79. The summed E-state index contributed by atoms with van der Waals surface area (Å²) in [6, 6.07) is 17.4. The fourth-order valence-electron chi connectivity index (χ4n) is 2.39.